The van der Waals surface area contributed by atoms with E-state index in [-0.39, 0.29) is 0 Å². The summed E-state index contributed by atoms with van der Waals surface area (Å²) in [4.78, 5) is 0. The molecule has 2 rings (SSSR count). The van der Waals surface area contributed by atoms with Crippen LogP contribution in [0.2, 0.25) is 0 Å². The molecule has 0 atom stereocenters. The maximum Gasteiger partial charge on any atom is 0.119 e. The highest BCUT2D eigenvalue weighted by Crippen LogP contribution is 2.28. The predicted molar refractivity (Wildman–Crippen MR) is 66.7 cm³/mol. The van der Waals surface area contributed by atoms with Crippen LogP contribution in [0.25, 0.3) is 0 Å². The smallest absolute Gasteiger partial charge is 0.119 e. The van der Waals surface area contributed by atoms with Crippen molar-refractivity contribution in [3.8, 4) is 5.75 Å². The Bertz CT molecular complexity index is 318. The molecule has 0 aromatic heterocycles. The molecule has 2 heteroatoms. The van der Waals surface area contributed by atoms with Crippen LogP contribution >= 0.6 is 0 Å². The number of hydrogen-bond donors (Lipinski definition) is 1. The topological polar surface area (TPSA) is 35.2 Å². The third kappa shape index (κ3) is 3.24. The fourth-order valence-corrected chi connectivity index (χ4v) is 2.49. The maximum absolute atomic E-state index is 5.54. The van der Waals surface area contributed by atoms with Crippen LogP contribution in [0, 0.1) is 5.92 Å². The van der Waals surface area contributed by atoms with Crippen LogP contribution in [-0.2, 0) is 6.42 Å². The van der Waals surface area contributed by atoms with E-state index >= 15 is 0 Å². The fraction of sp³-hybridized carbons (Fsp3) is 0.571. The molecular formula is C14H21NO. The summed E-state index contributed by atoms with van der Waals surface area (Å²) in [6.45, 7) is 1.18. The molecule has 88 valence electrons. The molecule has 0 heterocycles. The van der Waals surface area contributed by atoms with Gasteiger partial charge in [-0.25, -0.2) is 0 Å². The first kappa shape index (κ1) is 11.5. The average molecular weight is 219 g/mol. The lowest BCUT2D eigenvalue weighted by atomic mass is 9.98. The third-order valence-corrected chi connectivity index (χ3v) is 3.28. The highest BCUT2D eigenvalue weighted by molar-refractivity contribution is 5.28. The van der Waals surface area contributed by atoms with Crippen LogP contribution in [0.4, 0.5) is 0 Å². The largest absolute Gasteiger partial charge is 0.492 e. The molecule has 0 aliphatic heterocycles. The minimum Gasteiger partial charge on any atom is -0.492 e. The number of rotatable bonds is 5. The van der Waals surface area contributed by atoms with Crippen LogP contribution in [-0.4, -0.2) is 13.2 Å². The molecule has 1 aliphatic rings. The summed E-state index contributed by atoms with van der Waals surface area (Å²) >= 11 is 0. The number of ether oxygens (including phenoxy) is 1. The Balaban J connectivity index is 1.92. The highest BCUT2D eigenvalue weighted by Gasteiger charge is 2.15. The maximum atomic E-state index is 5.54. The van der Waals surface area contributed by atoms with E-state index in [0.717, 1.165) is 11.7 Å². The zero-order valence-corrected chi connectivity index (χ0v) is 9.82. The summed E-state index contributed by atoms with van der Waals surface area (Å²) in [5, 5.41) is 0. The quantitative estimate of drug-likeness (QED) is 0.826. The summed E-state index contributed by atoms with van der Waals surface area (Å²) in [6.07, 6.45) is 6.82. The molecule has 2 N–H and O–H groups in total. The Hall–Kier alpha value is -1.02. The van der Waals surface area contributed by atoms with E-state index in [9.17, 15) is 0 Å². The molecule has 2 nitrogen and oxygen atoms in total. The van der Waals surface area contributed by atoms with Crippen LogP contribution in [0.15, 0.2) is 24.3 Å². The second-order valence-corrected chi connectivity index (χ2v) is 4.64. The molecule has 0 radical (unpaired) electrons. The van der Waals surface area contributed by atoms with Crippen molar-refractivity contribution < 1.29 is 4.74 Å². The minimum absolute atomic E-state index is 0.576. The van der Waals surface area contributed by atoms with Gasteiger partial charge in [-0.15, -0.1) is 0 Å². The second-order valence-electron chi connectivity index (χ2n) is 4.64. The van der Waals surface area contributed by atoms with E-state index in [1.54, 1.807) is 0 Å². The fourth-order valence-electron chi connectivity index (χ4n) is 2.49. The number of benzene rings is 1. The molecule has 0 amide bonds. The van der Waals surface area contributed by atoms with Gasteiger partial charge in [0, 0.05) is 6.54 Å². The highest BCUT2D eigenvalue weighted by atomic mass is 16.5. The molecule has 0 unspecified atom stereocenters. The van der Waals surface area contributed by atoms with Gasteiger partial charge in [-0.2, -0.15) is 0 Å². The molecule has 0 bridgehead atoms. The lowest BCUT2D eigenvalue weighted by Crippen LogP contribution is -2.10. The normalized spacial score (nSPS) is 16.6. The van der Waals surface area contributed by atoms with Crippen molar-refractivity contribution in [1.29, 1.82) is 0 Å². The summed E-state index contributed by atoms with van der Waals surface area (Å²) < 4.78 is 5.54. The van der Waals surface area contributed by atoms with Gasteiger partial charge >= 0.3 is 0 Å². The van der Waals surface area contributed by atoms with Gasteiger partial charge in [0.05, 0.1) is 0 Å². The van der Waals surface area contributed by atoms with E-state index in [4.69, 9.17) is 10.5 Å². The molecule has 1 aliphatic carbocycles. The first-order chi connectivity index (χ1) is 7.88. The van der Waals surface area contributed by atoms with Gasteiger partial charge in [-0.3, -0.25) is 0 Å². The molecule has 0 saturated heterocycles. The monoisotopic (exact) mass is 219 g/mol. The summed E-state index contributed by atoms with van der Waals surface area (Å²) in [6, 6.07) is 8.45. The van der Waals surface area contributed by atoms with Crippen molar-refractivity contribution in [2.24, 2.45) is 11.7 Å². The van der Waals surface area contributed by atoms with Crippen molar-refractivity contribution in [1.82, 2.24) is 0 Å². The second kappa shape index (κ2) is 5.90. The van der Waals surface area contributed by atoms with Crippen LogP contribution in [0.3, 0.4) is 0 Å². The number of hydrogen-bond acceptors (Lipinski definition) is 2. The first-order valence-corrected chi connectivity index (χ1v) is 6.30. The van der Waals surface area contributed by atoms with E-state index in [2.05, 4.69) is 18.2 Å². The molecular weight excluding hydrogens is 198 g/mol. The van der Waals surface area contributed by atoms with Gasteiger partial charge in [0.2, 0.25) is 0 Å². The zero-order chi connectivity index (χ0) is 11.2. The summed E-state index contributed by atoms with van der Waals surface area (Å²) in [5.41, 5.74) is 6.83. The van der Waals surface area contributed by atoms with Crippen LogP contribution in [0.5, 0.6) is 5.75 Å². The zero-order valence-electron chi connectivity index (χ0n) is 9.82. The van der Waals surface area contributed by atoms with Gasteiger partial charge in [0.1, 0.15) is 12.4 Å². The van der Waals surface area contributed by atoms with Crippen LogP contribution < -0.4 is 10.5 Å². The van der Waals surface area contributed by atoms with Crippen molar-refractivity contribution in [2.75, 3.05) is 13.2 Å². The predicted octanol–water partition coefficient (Wildman–Crippen LogP) is 2.76. The Morgan fingerprint density at radius 1 is 1.25 bits per heavy atom. The van der Waals surface area contributed by atoms with Gasteiger partial charge in [0.15, 0.2) is 0 Å². The Morgan fingerprint density at radius 3 is 2.81 bits per heavy atom. The van der Waals surface area contributed by atoms with Crippen molar-refractivity contribution in [3.05, 3.63) is 29.8 Å². The molecule has 16 heavy (non-hydrogen) atoms. The van der Waals surface area contributed by atoms with Crippen molar-refractivity contribution in [3.63, 3.8) is 0 Å². The van der Waals surface area contributed by atoms with E-state index < -0.39 is 0 Å². The summed E-state index contributed by atoms with van der Waals surface area (Å²) in [7, 11) is 0. The Labute approximate surface area is 97.8 Å². The van der Waals surface area contributed by atoms with Crippen molar-refractivity contribution in [2.45, 2.75) is 32.1 Å². The molecule has 0 spiro atoms. The van der Waals surface area contributed by atoms with E-state index in [1.807, 2.05) is 6.07 Å². The van der Waals surface area contributed by atoms with E-state index in [0.29, 0.717) is 13.2 Å². The van der Waals surface area contributed by atoms with Crippen LogP contribution in [0.1, 0.15) is 31.2 Å². The van der Waals surface area contributed by atoms with Gasteiger partial charge < -0.3 is 10.5 Å². The lowest BCUT2D eigenvalue weighted by molar-refractivity contribution is 0.328. The van der Waals surface area contributed by atoms with E-state index in [1.165, 1.54) is 37.7 Å². The molecule has 1 saturated carbocycles. The molecule has 1 fully saturated rings. The standard InChI is InChI=1S/C14H21NO/c15-8-9-16-14-7-3-6-13(11-14)10-12-4-1-2-5-12/h3,6-7,11-12H,1-2,4-5,8-10,15H2. The Morgan fingerprint density at radius 2 is 2.06 bits per heavy atom. The first-order valence-electron chi connectivity index (χ1n) is 6.30. The summed E-state index contributed by atoms with van der Waals surface area (Å²) in [5.74, 6) is 1.85. The SMILES string of the molecule is NCCOc1cccc(CC2CCCC2)c1. The van der Waals surface area contributed by atoms with Crippen molar-refractivity contribution >= 4 is 0 Å². The molecule has 1 aromatic rings. The minimum atomic E-state index is 0.576. The lowest BCUT2D eigenvalue weighted by Gasteiger charge is -2.10. The number of nitrogens with two attached hydrogens (primary N) is 1. The average Bonchev–Trinajstić information content (AvgIpc) is 2.80. The van der Waals surface area contributed by atoms with Gasteiger partial charge in [-0.1, -0.05) is 37.8 Å². The van der Waals surface area contributed by atoms with Gasteiger partial charge in [-0.05, 0) is 30.0 Å². The van der Waals surface area contributed by atoms with Gasteiger partial charge in [0.25, 0.3) is 0 Å². The third-order valence-electron chi connectivity index (χ3n) is 3.28. The Kier molecular flexibility index (Phi) is 4.23. The molecule has 1 aromatic carbocycles.